The Morgan fingerprint density at radius 2 is 1.95 bits per heavy atom. The summed E-state index contributed by atoms with van der Waals surface area (Å²) in [7, 11) is 1.58. The number of carbonyl (C=O) groups is 2. The number of imide groups is 1. The topological polar surface area (TPSA) is 93.4 Å². The molecule has 0 aliphatic heterocycles. The molecule has 0 radical (unpaired) electrons. The van der Waals surface area contributed by atoms with Gasteiger partial charge in [-0.1, -0.05) is 30.3 Å². The molecule has 0 unspecified atom stereocenters. The minimum atomic E-state index is -0.868. The molecule has 0 saturated carbocycles. The van der Waals surface area contributed by atoms with E-state index in [0.29, 0.717) is 6.61 Å². The number of methoxy groups -OCH3 is 1. The summed E-state index contributed by atoms with van der Waals surface area (Å²) in [6, 6.07) is 7.53. The maximum atomic E-state index is 12.0. The number of nitrogens with one attached hydrogen (secondary N) is 2. The standard InChI is InChI=1S/C13H19N3O3/c1-9(8-19-2)15-11(12(17)16-13(14)18)10-6-4-3-5-7-10/h3-7,9,11,15H,8H2,1-2H3,(H3,14,16,17,18)/t9-,11-/m0/s1. The van der Waals surface area contributed by atoms with E-state index in [1.54, 1.807) is 19.2 Å². The van der Waals surface area contributed by atoms with E-state index in [0.717, 1.165) is 5.56 Å². The van der Waals surface area contributed by atoms with Crippen LogP contribution in [0.3, 0.4) is 0 Å². The van der Waals surface area contributed by atoms with E-state index in [4.69, 9.17) is 10.5 Å². The Hall–Kier alpha value is -1.92. The fourth-order valence-corrected chi connectivity index (χ4v) is 1.75. The molecule has 3 amide bonds. The number of nitrogens with two attached hydrogens (primary N) is 1. The summed E-state index contributed by atoms with van der Waals surface area (Å²) in [5, 5.41) is 5.18. The second-order valence-corrected chi connectivity index (χ2v) is 4.22. The highest BCUT2D eigenvalue weighted by atomic mass is 16.5. The molecule has 6 nitrogen and oxygen atoms in total. The van der Waals surface area contributed by atoms with E-state index in [9.17, 15) is 9.59 Å². The molecule has 4 N–H and O–H groups in total. The van der Waals surface area contributed by atoms with Crippen molar-refractivity contribution in [1.82, 2.24) is 10.6 Å². The summed E-state index contributed by atoms with van der Waals surface area (Å²) in [4.78, 5) is 22.8. The van der Waals surface area contributed by atoms with E-state index >= 15 is 0 Å². The van der Waals surface area contributed by atoms with Gasteiger partial charge in [0.05, 0.1) is 6.61 Å². The SMILES string of the molecule is COC[C@H](C)N[C@H](C(=O)NC(N)=O)c1ccccc1. The molecular formula is C13H19N3O3. The van der Waals surface area contributed by atoms with Gasteiger partial charge >= 0.3 is 6.03 Å². The molecule has 0 aromatic heterocycles. The van der Waals surface area contributed by atoms with Crippen LogP contribution in [0.2, 0.25) is 0 Å². The normalized spacial score (nSPS) is 13.6. The number of benzene rings is 1. The van der Waals surface area contributed by atoms with Crippen LogP contribution in [0.5, 0.6) is 0 Å². The van der Waals surface area contributed by atoms with E-state index in [1.165, 1.54) is 0 Å². The van der Waals surface area contributed by atoms with Gasteiger partial charge in [-0.3, -0.25) is 15.4 Å². The average molecular weight is 265 g/mol. The fraction of sp³-hybridized carbons (Fsp3) is 0.385. The number of amides is 3. The highest BCUT2D eigenvalue weighted by molar-refractivity contribution is 5.96. The molecule has 0 aliphatic rings. The second-order valence-electron chi connectivity index (χ2n) is 4.22. The zero-order valence-electron chi connectivity index (χ0n) is 11.1. The summed E-state index contributed by atoms with van der Waals surface area (Å²) in [5.74, 6) is -0.485. The fourth-order valence-electron chi connectivity index (χ4n) is 1.75. The first-order valence-corrected chi connectivity index (χ1v) is 5.94. The molecule has 0 bridgehead atoms. The van der Waals surface area contributed by atoms with Crippen LogP contribution in [0, 0.1) is 0 Å². The molecular weight excluding hydrogens is 246 g/mol. The van der Waals surface area contributed by atoms with Crippen molar-refractivity contribution in [2.24, 2.45) is 5.73 Å². The third-order valence-corrected chi connectivity index (χ3v) is 2.51. The minimum absolute atomic E-state index is 0.0474. The van der Waals surface area contributed by atoms with Crippen LogP contribution in [0.15, 0.2) is 30.3 Å². The van der Waals surface area contributed by atoms with Gasteiger partial charge in [0.25, 0.3) is 0 Å². The van der Waals surface area contributed by atoms with Crippen molar-refractivity contribution in [3.8, 4) is 0 Å². The van der Waals surface area contributed by atoms with Crippen molar-refractivity contribution in [2.45, 2.75) is 19.0 Å². The molecule has 6 heteroatoms. The van der Waals surface area contributed by atoms with Gasteiger partial charge in [0.1, 0.15) is 6.04 Å². The lowest BCUT2D eigenvalue weighted by Gasteiger charge is -2.22. The van der Waals surface area contributed by atoms with E-state index in [1.807, 2.05) is 25.1 Å². The van der Waals surface area contributed by atoms with Gasteiger partial charge in [0.15, 0.2) is 0 Å². The monoisotopic (exact) mass is 265 g/mol. The Morgan fingerprint density at radius 3 is 2.47 bits per heavy atom. The number of rotatable bonds is 6. The molecule has 0 heterocycles. The van der Waals surface area contributed by atoms with Crippen molar-refractivity contribution in [3.63, 3.8) is 0 Å². The highest BCUT2D eigenvalue weighted by Crippen LogP contribution is 2.13. The van der Waals surface area contributed by atoms with Crippen molar-refractivity contribution in [2.75, 3.05) is 13.7 Å². The predicted octanol–water partition coefficient (Wildman–Crippen LogP) is 0.547. The zero-order valence-corrected chi connectivity index (χ0v) is 11.1. The van der Waals surface area contributed by atoms with Gasteiger partial charge < -0.3 is 10.5 Å². The van der Waals surface area contributed by atoms with Crippen molar-refractivity contribution >= 4 is 11.9 Å². The molecule has 104 valence electrons. The molecule has 2 atom stereocenters. The van der Waals surface area contributed by atoms with Crippen molar-refractivity contribution in [1.29, 1.82) is 0 Å². The third-order valence-electron chi connectivity index (χ3n) is 2.51. The first-order valence-electron chi connectivity index (χ1n) is 5.94. The molecule has 1 aromatic carbocycles. The summed E-state index contributed by atoms with van der Waals surface area (Å²) in [6.45, 7) is 2.34. The number of carbonyl (C=O) groups excluding carboxylic acids is 2. The third kappa shape index (κ3) is 5.07. The molecule has 0 aliphatic carbocycles. The average Bonchev–Trinajstić information content (AvgIpc) is 2.36. The number of ether oxygens (including phenoxy) is 1. The Morgan fingerprint density at radius 1 is 1.32 bits per heavy atom. The van der Waals surface area contributed by atoms with Crippen LogP contribution in [0.25, 0.3) is 0 Å². The summed E-state index contributed by atoms with van der Waals surface area (Å²) >= 11 is 0. The number of urea groups is 1. The summed E-state index contributed by atoms with van der Waals surface area (Å²) < 4.78 is 5.02. The Labute approximate surface area is 112 Å². The van der Waals surface area contributed by atoms with E-state index in [2.05, 4.69) is 10.6 Å². The zero-order chi connectivity index (χ0) is 14.3. The molecule has 0 saturated heterocycles. The number of hydrogen-bond acceptors (Lipinski definition) is 4. The van der Waals surface area contributed by atoms with Crippen LogP contribution in [0.4, 0.5) is 4.79 Å². The molecule has 19 heavy (non-hydrogen) atoms. The van der Waals surface area contributed by atoms with Gasteiger partial charge in [0.2, 0.25) is 5.91 Å². The van der Waals surface area contributed by atoms with Crippen molar-refractivity contribution in [3.05, 3.63) is 35.9 Å². The number of primary amides is 1. The van der Waals surface area contributed by atoms with E-state index < -0.39 is 18.0 Å². The highest BCUT2D eigenvalue weighted by Gasteiger charge is 2.23. The summed E-state index contributed by atoms with van der Waals surface area (Å²) in [5.41, 5.74) is 5.73. The first-order chi connectivity index (χ1) is 9.04. The van der Waals surface area contributed by atoms with Crippen LogP contribution in [-0.2, 0) is 9.53 Å². The minimum Gasteiger partial charge on any atom is -0.383 e. The van der Waals surface area contributed by atoms with Crippen LogP contribution < -0.4 is 16.4 Å². The lowest BCUT2D eigenvalue weighted by molar-refractivity contribution is -0.122. The number of hydrogen-bond donors (Lipinski definition) is 3. The van der Waals surface area contributed by atoms with E-state index in [-0.39, 0.29) is 6.04 Å². The summed E-state index contributed by atoms with van der Waals surface area (Å²) in [6.07, 6.45) is 0. The van der Waals surface area contributed by atoms with Crippen LogP contribution >= 0.6 is 0 Å². The quantitative estimate of drug-likeness (QED) is 0.700. The predicted molar refractivity (Wildman–Crippen MR) is 71.4 cm³/mol. The molecule has 0 spiro atoms. The van der Waals surface area contributed by atoms with Gasteiger partial charge in [-0.15, -0.1) is 0 Å². The van der Waals surface area contributed by atoms with Gasteiger partial charge in [-0.2, -0.15) is 0 Å². The van der Waals surface area contributed by atoms with Crippen molar-refractivity contribution < 1.29 is 14.3 Å². The molecule has 1 rings (SSSR count). The van der Waals surface area contributed by atoms with Gasteiger partial charge in [0, 0.05) is 13.2 Å². The largest absolute Gasteiger partial charge is 0.383 e. The Kier molecular flexibility index (Phi) is 5.98. The Balaban J connectivity index is 2.85. The second kappa shape index (κ2) is 7.50. The van der Waals surface area contributed by atoms with Crippen LogP contribution in [0.1, 0.15) is 18.5 Å². The maximum Gasteiger partial charge on any atom is 0.318 e. The molecule has 0 fully saturated rings. The maximum absolute atomic E-state index is 12.0. The van der Waals surface area contributed by atoms with Gasteiger partial charge in [-0.25, -0.2) is 4.79 Å². The Bertz CT molecular complexity index is 422. The van der Waals surface area contributed by atoms with Gasteiger partial charge in [-0.05, 0) is 12.5 Å². The van der Waals surface area contributed by atoms with Crippen LogP contribution in [-0.4, -0.2) is 31.7 Å². The smallest absolute Gasteiger partial charge is 0.318 e. The lowest BCUT2D eigenvalue weighted by Crippen LogP contribution is -2.46. The lowest BCUT2D eigenvalue weighted by atomic mass is 10.1. The molecule has 1 aromatic rings. The first kappa shape index (κ1) is 15.1.